The Bertz CT molecular complexity index is 828. The van der Waals surface area contributed by atoms with E-state index < -0.39 is 0 Å². The van der Waals surface area contributed by atoms with E-state index in [4.69, 9.17) is 16.6 Å². The number of anilines is 1. The summed E-state index contributed by atoms with van der Waals surface area (Å²) < 4.78 is 0. The van der Waals surface area contributed by atoms with E-state index in [1.165, 1.54) is 0 Å². The lowest BCUT2D eigenvalue weighted by Gasteiger charge is -2.33. The molecule has 1 aliphatic carbocycles. The number of carbonyl (C=O) groups is 1. The summed E-state index contributed by atoms with van der Waals surface area (Å²) in [7, 11) is 2.13. The summed E-state index contributed by atoms with van der Waals surface area (Å²) in [5.41, 5.74) is 3.57. The van der Waals surface area contributed by atoms with E-state index in [0.29, 0.717) is 11.4 Å². The van der Waals surface area contributed by atoms with E-state index in [1.807, 2.05) is 31.2 Å². The summed E-state index contributed by atoms with van der Waals surface area (Å²) in [6, 6.07) is 7.80. The summed E-state index contributed by atoms with van der Waals surface area (Å²) >= 11 is 6.00. The average molecular weight is 371 g/mol. The highest BCUT2D eigenvalue weighted by Crippen LogP contribution is 2.34. The van der Waals surface area contributed by atoms with Gasteiger partial charge in [-0.15, -0.1) is 0 Å². The molecule has 1 aromatic heterocycles. The van der Waals surface area contributed by atoms with Crippen LogP contribution in [-0.2, 0) is 6.42 Å². The van der Waals surface area contributed by atoms with Crippen LogP contribution in [0.5, 0.6) is 0 Å². The van der Waals surface area contributed by atoms with Gasteiger partial charge in [-0.25, -0.2) is 9.97 Å². The fourth-order valence-corrected chi connectivity index (χ4v) is 4.00. The van der Waals surface area contributed by atoms with Crippen molar-refractivity contribution in [2.45, 2.75) is 25.7 Å². The molecule has 136 valence electrons. The molecule has 0 bridgehead atoms. The SMILES string of the molecule is Cc1nc(N2CCN(C)CC2)nc2c1C(=O)C[C@@H](c1ccc(Cl)cc1)C2. The number of likely N-dealkylation sites (N-methyl/N-ethyl adjacent to an activating group) is 1. The number of ketones is 1. The largest absolute Gasteiger partial charge is 0.338 e. The van der Waals surface area contributed by atoms with Gasteiger partial charge in [-0.2, -0.15) is 0 Å². The van der Waals surface area contributed by atoms with E-state index in [0.717, 1.165) is 61.1 Å². The van der Waals surface area contributed by atoms with Gasteiger partial charge >= 0.3 is 0 Å². The number of aryl methyl sites for hydroxylation is 1. The zero-order valence-corrected chi connectivity index (χ0v) is 16.0. The van der Waals surface area contributed by atoms with Crippen molar-refractivity contribution in [3.05, 3.63) is 51.8 Å². The number of halogens is 1. The maximum Gasteiger partial charge on any atom is 0.225 e. The van der Waals surface area contributed by atoms with E-state index in [-0.39, 0.29) is 11.7 Å². The molecule has 0 spiro atoms. The Morgan fingerprint density at radius 2 is 1.73 bits per heavy atom. The minimum Gasteiger partial charge on any atom is -0.338 e. The molecule has 0 radical (unpaired) electrons. The zero-order valence-electron chi connectivity index (χ0n) is 15.2. The standard InChI is InChI=1S/C20H23ClN4O/c1-13-19-17(23-20(22-13)25-9-7-24(2)8-10-25)11-15(12-18(19)26)14-3-5-16(21)6-4-14/h3-6,15H,7-12H2,1-2H3/t15-/m0/s1. The van der Waals surface area contributed by atoms with Crippen molar-refractivity contribution in [2.24, 2.45) is 0 Å². The molecule has 2 aliphatic rings. The van der Waals surface area contributed by atoms with Gasteiger partial charge in [0.1, 0.15) is 0 Å². The number of hydrogen-bond donors (Lipinski definition) is 0. The van der Waals surface area contributed by atoms with Crippen LogP contribution >= 0.6 is 11.6 Å². The molecule has 0 N–H and O–H groups in total. The van der Waals surface area contributed by atoms with Crippen LogP contribution in [0.15, 0.2) is 24.3 Å². The number of nitrogens with zero attached hydrogens (tertiary/aromatic N) is 4. The van der Waals surface area contributed by atoms with E-state index in [2.05, 4.69) is 21.8 Å². The summed E-state index contributed by atoms with van der Waals surface area (Å²) in [4.78, 5) is 26.8. The van der Waals surface area contributed by atoms with Gasteiger partial charge in [-0.3, -0.25) is 4.79 Å². The molecule has 1 aliphatic heterocycles. The van der Waals surface area contributed by atoms with Crippen molar-refractivity contribution in [1.82, 2.24) is 14.9 Å². The number of carbonyl (C=O) groups excluding carboxylic acids is 1. The molecule has 1 saturated heterocycles. The second-order valence-corrected chi connectivity index (χ2v) is 7.74. The normalized spacial score (nSPS) is 21.0. The molecule has 2 heterocycles. The number of hydrogen-bond acceptors (Lipinski definition) is 5. The minimum atomic E-state index is 0.147. The van der Waals surface area contributed by atoms with Gasteiger partial charge in [0.2, 0.25) is 5.95 Å². The van der Waals surface area contributed by atoms with E-state index >= 15 is 0 Å². The Hall–Kier alpha value is -1.98. The minimum absolute atomic E-state index is 0.147. The maximum atomic E-state index is 12.8. The first-order valence-corrected chi connectivity index (χ1v) is 9.48. The summed E-state index contributed by atoms with van der Waals surface area (Å²) in [5.74, 6) is 1.06. The van der Waals surface area contributed by atoms with Crippen LogP contribution in [0.4, 0.5) is 5.95 Å². The Labute approximate surface area is 159 Å². The first-order valence-electron chi connectivity index (χ1n) is 9.11. The fraction of sp³-hybridized carbons (Fsp3) is 0.450. The number of rotatable bonds is 2. The lowest BCUT2D eigenvalue weighted by atomic mass is 9.81. The molecule has 0 saturated carbocycles. The quantitative estimate of drug-likeness (QED) is 0.813. The van der Waals surface area contributed by atoms with Crippen LogP contribution in [0.25, 0.3) is 0 Å². The molecule has 4 rings (SSSR count). The van der Waals surface area contributed by atoms with Gasteiger partial charge in [0.25, 0.3) is 0 Å². The van der Waals surface area contributed by atoms with Crippen molar-refractivity contribution in [2.75, 3.05) is 38.1 Å². The van der Waals surface area contributed by atoms with Crippen LogP contribution < -0.4 is 4.90 Å². The van der Waals surface area contributed by atoms with Gasteiger partial charge < -0.3 is 9.80 Å². The fourth-order valence-electron chi connectivity index (χ4n) is 3.88. The molecule has 6 heteroatoms. The maximum absolute atomic E-state index is 12.8. The monoisotopic (exact) mass is 370 g/mol. The number of aromatic nitrogens is 2. The van der Waals surface area contributed by atoms with Crippen LogP contribution in [0, 0.1) is 6.92 Å². The first-order chi connectivity index (χ1) is 12.5. The second-order valence-electron chi connectivity index (χ2n) is 7.30. The van der Waals surface area contributed by atoms with Gasteiger partial charge in [0.15, 0.2) is 5.78 Å². The molecule has 1 aromatic carbocycles. The highest BCUT2D eigenvalue weighted by atomic mass is 35.5. The molecule has 1 fully saturated rings. The van der Waals surface area contributed by atoms with Gasteiger partial charge in [-0.05, 0) is 44.0 Å². The molecular formula is C20H23ClN4O. The van der Waals surface area contributed by atoms with Crippen LogP contribution in [0.2, 0.25) is 5.02 Å². The van der Waals surface area contributed by atoms with Gasteiger partial charge in [0, 0.05) is 37.6 Å². The number of fused-ring (bicyclic) bond motifs is 1. The van der Waals surface area contributed by atoms with E-state index in [9.17, 15) is 4.79 Å². The van der Waals surface area contributed by atoms with Gasteiger partial charge in [0.05, 0.1) is 17.0 Å². The summed E-state index contributed by atoms with van der Waals surface area (Å²) in [5, 5.41) is 0.715. The third-order valence-corrected chi connectivity index (χ3v) is 5.68. The molecule has 0 amide bonds. The van der Waals surface area contributed by atoms with Crippen LogP contribution in [0.1, 0.15) is 39.6 Å². The molecule has 5 nitrogen and oxygen atoms in total. The third kappa shape index (κ3) is 3.33. The predicted octanol–water partition coefficient (Wildman–Crippen LogP) is 3.10. The van der Waals surface area contributed by atoms with Crippen molar-refractivity contribution in [1.29, 1.82) is 0 Å². The van der Waals surface area contributed by atoms with Crippen molar-refractivity contribution < 1.29 is 4.79 Å². The number of Topliss-reactive ketones (excluding diaryl/α,β-unsaturated/α-hetero) is 1. The molecule has 26 heavy (non-hydrogen) atoms. The number of benzene rings is 1. The van der Waals surface area contributed by atoms with Crippen molar-refractivity contribution >= 4 is 23.3 Å². The highest BCUT2D eigenvalue weighted by molar-refractivity contribution is 6.30. The Kier molecular flexibility index (Phi) is 4.67. The number of piperazine rings is 1. The highest BCUT2D eigenvalue weighted by Gasteiger charge is 2.30. The summed E-state index contributed by atoms with van der Waals surface area (Å²) in [6.45, 7) is 5.78. The Morgan fingerprint density at radius 1 is 1.04 bits per heavy atom. The van der Waals surface area contributed by atoms with Crippen LogP contribution in [-0.4, -0.2) is 53.9 Å². The second kappa shape index (κ2) is 6.97. The lowest BCUT2D eigenvalue weighted by molar-refractivity contribution is 0.0962. The molecular weight excluding hydrogens is 348 g/mol. The molecule has 2 aromatic rings. The smallest absolute Gasteiger partial charge is 0.225 e. The van der Waals surface area contributed by atoms with E-state index in [1.54, 1.807) is 0 Å². The lowest BCUT2D eigenvalue weighted by Crippen LogP contribution is -2.45. The average Bonchev–Trinajstić information content (AvgIpc) is 2.62. The van der Waals surface area contributed by atoms with Crippen LogP contribution in [0.3, 0.4) is 0 Å². The third-order valence-electron chi connectivity index (χ3n) is 5.43. The molecule has 0 unspecified atom stereocenters. The Morgan fingerprint density at radius 3 is 2.42 bits per heavy atom. The topological polar surface area (TPSA) is 49.3 Å². The van der Waals surface area contributed by atoms with Gasteiger partial charge in [-0.1, -0.05) is 23.7 Å². The zero-order chi connectivity index (χ0) is 18.3. The predicted molar refractivity (Wildman–Crippen MR) is 103 cm³/mol. The van der Waals surface area contributed by atoms with Crippen molar-refractivity contribution in [3.8, 4) is 0 Å². The van der Waals surface area contributed by atoms with Crippen molar-refractivity contribution in [3.63, 3.8) is 0 Å². The molecule has 1 atom stereocenters. The first kappa shape index (κ1) is 17.4. The summed E-state index contributed by atoms with van der Waals surface area (Å²) in [6.07, 6.45) is 1.28. The Balaban J connectivity index is 1.65.